The second-order valence-corrected chi connectivity index (χ2v) is 19.2. The number of methoxy groups -OCH3 is 1. The summed E-state index contributed by atoms with van der Waals surface area (Å²) in [6.45, 7) is 6.26. The molecule has 2 aliphatic heterocycles. The number of carbonyl (C=O) groups is 4. The maximum atomic E-state index is 14.8. The van der Waals surface area contributed by atoms with Crippen molar-refractivity contribution in [2.24, 2.45) is 23.2 Å². The monoisotopic (exact) mass is 800 g/mol. The number of amides is 4. The molecule has 3 heterocycles. The molecule has 15 nitrogen and oxygen atoms in total. The Morgan fingerprint density at radius 2 is 1.84 bits per heavy atom. The van der Waals surface area contributed by atoms with Gasteiger partial charge in [-0.3, -0.25) is 23.5 Å². The van der Waals surface area contributed by atoms with Crippen molar-refractivity contribution in [1.82, 2.24) is 30.2 Å². The van der Waals surface area contributed by atoms with Gasteiger partial charge >= 0.3 is 6.09 Å². The van der Waals surface area contributed by atoms with Gasteiger partial charge in [0.25, 0.3) is 5.91 Å². The van der Waals surface area contributed by atoms with Gasteiger partial charge in [0.2, 0.25) is 27.7 Å². The van der Waals surface area contributed by atoms with Crippen LogP contribution in [0.5, 0.6) is 11.6 Å². The van der Waals surface area contributed by atoms with E-state index in [2.05, 4.69) is 15.4 Å². The van der Waals surface area contributed by atoms with Crippen molar-refractivity contribution in [2.75, 3.05) is 20.3 Å². The Labute approximate surface area is 326 Å². The van der Waals surface area contributed by atoms with Crippen molar-refractivity contribution in [2.45, 2.75) is 127 Å². The fraction of sp³-hybridized carbons (Fsp3) is 0.692. The predicted molar refractivity (Wildman–Crippen MR) is 202 cm³/mol. The average Bonchev–Trinajstić information content (AvgIpc) is 4.06. The van der Waals surface area contributed by atoms with Crippen LogP contribution < -0.4 is 24.8 Å². The van der Waals surface area contributed by atoms with Crippen LogP contribution in [0.1, 0.15) is 91.2 Å². The number of sulfonamides is 1. The molecule has 17 heteroatoms. The Hall–Kier alpha value is -4.28. The summed E-state index contributed by atoms with van der Waals surface area (Å²) in [5.41, 5.74) is -0.693. The Morgan fingerprint density at radius 1 is 1.07 bits per heavy atom. The van der Waals surface area contributed by atoms with Gasteiger partial charge in [-0.1, -0.05) is 40.5 Å². The Kier molecular flexibility index (Phi) is 10.9. The third-order valence-electron chi connectivity index (χ3n) is 12.0. The number of alkyl halides is 1. The van der Waals surface area contributed by atoms with Crippen molar-refractivity contribution in [3.63, 3.8) is 0 Å². The van der Waals surface area contributed by atoms with Crippen LogP contribution >= 0.6 is 0 Å². The van der Waals surface area contributed by atoms with Gasteiger partial charge in [0.15, 0.2) is 0 Å². The molecule has 4 fully saturated rings. The highest BCUT2D eigenvalue weighted by Gasteiger charge is 2.63. The number of fused-ring (bicyclic) bond motifs is 5. The first-order valence-corrected chi connectivity index (χ1v) is 21.3. The molecule has 4 amide bonds. The summed E-state index contributed by atoms with van der Waals surface area (Å²) in [6.07, 6.45) is 3.88. The zero-order valence-electron chi connectivity index (χ0n) is 32.6. The summed E-state index contributed by atoms with van der Waals surface area (Å²) in [4.78, 5) is 67.4. The smallest absolute Gasteiger partial charge is 0.408 e. The lowest BCUT2D eigenvalue weighted by Crippen LogP contribution is -2.61. The van der Waals surface area contributed by atoms with E-state index in [0.717, 1.165) is 32.1 Å². The number of benzene rings is 1. The van der Waals surface area contributed by atoms with Gasteiger partial charge in [0.1, 0.15) is 41.3 Å². The van der Waals surface area contributed by atoms with Gasteiger partial charge in [-0.15, -0.1) is 0 Å². The SMILES string of the molecule is COc1ccc2nc3c(nc2c1)O[C@H]1CN(C(=O)[C@H](C(C)(C)C)NC(=O)OC2C[C@H]2CCCCC3)[C@H](C(=O)N[C@]2(C(=O)NS(=O)(=O)C3CC3)C[C@H]2CCF)[C@@H]1C. The fourth-order valence-corrected chi connectivity index (χ4v) is 9.58. The lowest BCUT2D eigenvalue weighted by molar-refractivity contribution is -0.143. The molecule has 7 rings (SSSR count). The van der Waals surface area contributed by atoms with Crippen LogP contribution in [0.2, 0.25) is 0 Å². The van der Waals surface area contributed by atoms with Crippen LogP contribution in [0, 0.1) is 23.2 Å². The maximum Gasteiger partial charge on any atom is 0.408 e. The second-order valence-electron chi connectivity index (χ2n) is 17.3. The zero-order chi connectivity index (χ0) is 40.2. The van der Waals surface area contributed by atoms with E-state index in [9.17, 15) is 32.0 Å². The van der Waals surface area contributed by atoms with E-state index in [1.165, 1.54) is 4.90 Å². The number of aryl methyl sites for hydroxylation is 1. The quantitative estimate of drug-likeness (QED) is 0.352. The van der Waals surface area contributed by atoms with Crippen molar-refractivity contribution >= 4 is 44.9 Å². The van der Waals surface area contributed by atoms with Crippen molar-refractivity contribution in [1.29, 1.82) is 0 Å². The van der Waals surface area contributed by atoms with Crippen molar-refractivity contribution < 1.29 is 46.2 Å². The van der Waals surface area contributed by atoms with Crippen LogP contribution in [0.4, 0.5) is 9.18 Å². The molecular weight excluding hydrogens is 748 g/mol. The largest absolute Gasteiger partial charge is 0.497 e. The number of nitrogens with one attached hydrogen (secondary N) is 3. The number of ether oxygens (including phenoxy) is 3. The standard InChI is InChI=1S/C39H53FN6O9S/c1-21-30-20-46(31(21)33(47)44-39(19-23(39)15-16-40)36(49)45-56(51,52)25-12-13-25)35(48)32(38(2,3)4)43-37(50)55-29-17-22(29)9-7-6-8-10-27-34(54-30)42-28-18-24(53-5)11-14-26(28)41-27/h11,14,18,21-23,25,29-32H,6-10,12-13,15-17,19-20H2,1-5H3,(H,43,50)(H,44,47)(H,45,49)/t21-,22-,23-,29?,30+,31+,32-,39-/m1/s1. The topological polar surface area (TPSA) is 195 Å². The first-order valence-electron chi connectivity index (χ1n) is 19.8. The third kappa shape index (κ3) is 8.23. The molecule has 5 aliphatic rings. The first kappa shape index (κ1) is 39.9. The van der Waals surface area contributed by atoms with Crippen LogP contribution in [0.15, 0.2) is 18.2 Å². The highest BCUT2D eigenvalue weighted by atomic mass is 32.2. The van der Waals surface area contributed by atoms with Gasteiger partial charge in [-0.25, -0.2) is 23.2 Å². The van der Waals surface area contributed by atoms with Crippen LogP contribution in [0.25, 0.3) is 11.0 Å². The molecule has 8 atom stereocenters. The van der Waals surface area contributed by atoms with Gasteiger partial charge in [0, 0.05) is 12.0 Å². The molecule has 56 heavy (non-hydrogen) atoms. The molecule has 0 radical (unpaired) electrons. The van der Waals surface area contributed by atoms with E-state index in [1.54, 1.807) is 40.9 Å². The van der Waals surface area contributed by atoms with Crippen molar-refractivity contribution in [3.05, 3.63) is 23.9 Å². The highest BCUT2D eigenvalue weighted by molar-refractivity contribution is 7.91. The minimum absolute atomic E-state index is 0.0311. The molecule has 0 spiro atoms. The van der Waals surface area contributed by atoms with Crippen LogP contribution in [-0.2, 0) is 35.6 Å². The summed E-state index contributed by atoms with van der Waals surface area (Å²) >= 11 is 0. The minimum Gasteiger partial charge on any atom is -0.497 e. The second kappa shape index (κ2) is 15.2. The molecule has 3 N–H and O–H groups in total. The maximum absolute atomic E-state index is 14.8. The molecule has 306 valence electrons. The van der Waals surface area contributed by atoms with Crippen LogP contribution in [-0.4, -0.2) is 103 Å². The molecule has 2 aromatic rings. The Balaban J connectivity index is 1.24. The molecule has 1 saturated heterocycles. The number of nitrogens with zero attached hydrogens (tertiary/aromatic N) is 3. The molecule has 1 aromatic carbocycles. The van der Waals surface area contributed by atoms with Gasteiger partial charge in [0.05, 0.1) is 36.6 Å². The predicted octanol–water partition coefficient (Wildman–Crippen LogP) is 3.72. The van der Waals surface area contributed by atoms with E-state index in [4.69, 9.17) is 24.2 Å². The molecule has 3 saturated carbocycles. The van der Waals surface area contributed by atoms with Gasteiger partial charge < -0.3 is 29.7 Å². The third-order valence-corrected chi connectivity index (χ3v) is 13.8. The molecular formula is C39H53FN6O9S. The van der Waals surface area contributed by atoms with Crippen molar-refractivity contribution in [3.8, 4) is 11.6 Å². The summed E-state index contributed by atoms with van der Waals surface area (Å²) < 4.78 is 59.2. The number of hydrogen-bond donors (Lipinski definition) is 3. The zero-order valence-corrected chi connectivity index (χ0v) is 33.5. The molecule has 2 bridgehead atoms. The lowest BCUT2D eigenvalue weighted by atomic mass is 9.85. The molecule has 1 unspecified atom stereocenters. The van der Waals surface area contributed by atoms with E-state index < -0.39 is 86.7 Å². The van der Waals surface area contributed by atoms with Crippen LogP contribution in [0.3, 0.4) is 0 Å². The summed E-state index contributed by atoms with van der Waals surface area (Å²) in [6, 6.07) is 3.03. The number of carbonyl (C=O) groups excluding carboxylic acids is 4. The normalized spacial score (nSPS) is 31.0. The number of alkyl carbamates (subject to hydrolysis) is 1. The van der Waals surface area contributed by atoms with E-state index >= 15 is 0 Å². The minimum atomic E-state index is -3.98. The van der Waals surface area contributed by atoms with Gasteiger partial charge in [-0.2, -0.15) is 0 Å². The fourth-order valence-electron chi connectivity index (χ4n) is 8.22. The number of halogens is 1. The van der Waals surface area contributed by atoms with Gasteiger partial charge in [-0.05, 0) is 80.8 Å². The van der Waals surface area contributed by atoms with E-state index in [1.807, 2.05) is 12.1 Å². The number of hydrogen-bond acceptors (Lipinski definition) is 11. The summed E-state index contributed by atoms with van der Waals surface area (Å²) in [7, 11) is -2.42. The highest BCUT2D eigenvalue weighted by Crippen LogP contribution is 2.47. The summed E-state index contributed by atoms with van der Waals surface area (Å²) in [5, 5.41) is 4.87. The average molecular weight is 801 g/mol. The molecule has 1 aromatic heterocycles. The molecule has 3 aliphatic carbocycles. The van der Waals surface area contributed by atoms with E-state index in [-0.39, 0.29) is 37.3 Å². The first-order chi connectivity index (χ1) is 26.5. The number of aromatic nitrogens is 2. The Morgan fingerprint density at radius 3 is 2.54 bits per heavy atom. The lowest BCUT2D eigenvalue weighted by Gasteiger charge is -2.36. The summed E-state index contributed by atoms with van der Waals surface area (Å²) in [5.74, 6) is -2.49. The van der Waals surface area contributed by atoms with E-state index in [0.29, 0.717) is 41.7 Å². The Bertz CT molecular complexity index is 1990. The number of rotatable bonds is 8.